The first-order valence-electron chi connectivity index (χ1n) is 4.25. The van der Waals surface area contributed by atoms with E-state index >= 15 is 0 Å². The Morgan fingerprint density at radius 1 is 1.50 bits per heavy atom. The second-order valence-electron chi connectivity index (χ2n) is 3.72. The van der Waals surface area contributed by atoms with E-state index in [0.717, 1.165) is 6.08 Å². The van der Waals surface area contributed by atoms with Crippen LogP contribution in [0, 0.1) is 5.41 Å². The number of hydrogen-bond acceptors (Lipinski definition) is 2. The van der Waals surface area contributed by atoms with Crippen molar-refractivity contribution in [1.29, 1.82) is 0 Å². The van der Waals surface area contributed by atoms with E-state index in [0.29, 0.717) is 0 Å². The molecule has 0 aliphatic heterocycles. The monoisotopic (exact) mass is 197 g/mol. The van der Waals surface area contributed by atoms with Crippen molar-refractivity contribution in [2.24, 2.45) is 5.41 Å². The van der Waals surface area contributed by atoms with Crippen LogP contribution < -0.4 is 5.32 Å². The number of nitrogens with one attached hydrogen (secondary N) is 1. The van der Waals surface area contributed by atoms with Crippen molar-refractivity contribution in [3.8, 4) is 0 Å². The zero-order valence-corrected chi connectivity index (χ0v) is 8.35. The van der Waals surface area contributed by atoms with Crippen LogP contribution in [0.1, 0.15) is 13.8 Å². The van der Waals surface area contributed by atoms with E-state index in [9.17, 15) is 14.0 Å². The molecule has 0 spiro atoms. The predicted molar refractivity (Wildman–Crippen MR) is 50.1 cm³/mol. The van der Waals surface area contributed by atoms with E-state index in [1.807, 2.05) is 0 Å². The van der Waals surface area contributed by atoms with Gasteiger partial charge in [0, 0.05) is 18.5 Å². The van der Waals surface area contributed by atoms with Gasteiger partial charge in [0.1, 0.15) is 5.83 Å². The molecule has 4 heteroatoms. The third-order valence-electron chi connectivity index (χ3n) is 2.13. The SMILES string of the molecule is CNC(=O)C1=CC(C)(C)C(=O)C=C1F. The molecule has 0 atom stereocenters. The minimum absolute atomic E-state index is 0.0721. The molecular formula is C10H12FNO2. The van der Waals surface area contributed by atoms with Crippen LogP contribution in [0.3, 0.4) is 0 Å². The third kappa shape index (κ3) is 1.73. The van der Waals surface area contributed by atoms with E-state index in [1.54, 1.807) is 13.8 Å². The molecule has 0 aromatic carbocycles. The first kappa shape index (κ1) is 10.6. The second kappa shape index (κ2) is 3.36. The summed E-state index contributed by atoms with van der Waals surface area (Å²) in [6.45, 7) is 3.28. The van der Waals surface area contributed by atoms with Gasteiger partial charge in [-0.2, -0.15) is 0 Å². The minimum Gasteiger partial charge on any atom is -0.355 e. The number of allylic oxidation sites excluding steroid dienone is 2. The van der Waals surface area contributed by atoms with Crippen LogP contribution in [0.4, 0.5) is 4.39 Å². The summed E-state index contributed by atoms with van der Waals surface area (Å²) in [5.74, 6) is -1.62. The fourth-order valence-corrected chi connectivity index (χ4v) is 1.19. The smallest absolute Gasteiger partial charge is 0.253 e. The first-order chi connectivity index (χ1) is 6.38. The molecule has 76 valence electrons. The van der Waals surface area contributed by atoms with E-state index in [2.05, 4.69) is 5.32 Å². The van der Waals surface area contributed by atoms with Gasteiger partial charge in [-0.1, -0.05) is 6.08 Å². The highest BCUT2D eigenvalue weighted by Crippen LogP contribution is 2.30. The van der Waals surface area contributed by atoms with Gasteiger partial charge in [-0.05, 0) is 13.8 Å². The Labute approximate surface area is 81.7 Å². The Morgan fingerprint density at radius 3 is 2.57 bits per heavy atom. The van der Waals surface area contributed by atoms with Gasteiger partial charge in [0.25, 0.3) is 5.91 Å². The fourth-order valence-electron chi connectivity index (χ4n) is 1.19. The summed E-state index contributed by atoms with van der Waals surface area (Å²) in [5.41, 5.74) is -0.880. The number of carbonyl (C=O) groups is 2. The molecule has 1 aliphatic carbocycles. The summed E-state index contributed by atoms with van der Waals surface area (Å²) in [7, 11) is 1.42. The molecule has 1 aliphatic rings. The summed E-state index contributed by atoms with van der Waals surface area (Å²) in [6, 6.07) is 0. The maximum atomic E-state index is 13.2. The third-order valence-corrected chi connectivity index (χ3v) is 2.13. The standard InChI is InChI=1S/C10H12FNO2/c1-10(2)5-6(9(14)12-3)7(11)4-8(10)13/h4-5H,1-3H3,(H,12,14). The van der Waals surface area contributed by atoms with Crippen molar-refractivity contribution in [3.05, 3.63) is 23.6 Å². The lowest BCUT2D eigenvalue weighted by Crippen LogP contribution is -2.29. The molecule has 0 fully saturated rings. The minimum atomic E-state index is -0.808. The second-order valence-corrected chi connectivity index (χ2v) is 3.72. The number of amides is 1. The van der Waals surface area contributed by atoms with E-state index in [1.165, 1.54) is 13.1 Å². The Morgan fingerprint density at radius 2 is 2.07 bits per heavy atom. The average molecular weight is 197 g/mol. The van der Waals surface area contributed by atoms with Gasteiger partial charge in [-0.25, -0.2) is 4.39 Å². The van der Waals surface area contributed by atoms with Gasteiger partial charge in [0.2, 0.25) is 0 Å². The lowest BCUT2D eigenvalue weighted by Gasteiger charge is -2.22. The van der Waals surface area contributed by atoms with Gasteiger partial charge >= 0.3 is 0 Å². The molecule has 1 rings (SSSR count). The van der Waals surface area contributed by atoms with Crippen LogP contribution in [-0.4, -0.2) is 18.7 Å². The summed E-state index contributed by atoms with van der Waals surface area (Å²) in [4.78, 5) is 22.5. The van der Waals surface area contributed by atoms with Gasteiger partial charge in [-0.15, -0.1) is 0 Å². The molecule has 0 aromatic rings. The molecule has 0 heterocycles. The predicted octanol–water partition coefficient (Wildman–Crippen LogP) is 1.12. The zero-order chi connectivity index (χ0) is 10.9. The fraction of sp³-hybridized carbons (Fsp3) is 0.400. The van der Waals surface area contributed by atoms with Gasteiger partial charge in [-0.3, -0.25) is 9.59 Å². The van der Waals surface area contributed by atoms with Crippen molar-refractivity contribution in [3.63, 3.8) is 0 Å². The van der Waals surface area contributed by atoms with E-state index in [-0.39, 0.29) is 11.4 Å². The normalized spacial score (nSPS) is 19.9. The van der Waals surface area contributed by atoms with E-state index in [4.69, 9.17) is 0 Å². The van der Waals surface area contributed by atoms with Gasteiger partial charge in [0.05, 0.1) is 5.57 Å². The summed E-state index contributed by atoms with van der Waals surface area (Å²) >= 11 is 0. The average Bonchev–Trinajstić information content (AvgIpc) is 2.10. The number of likely N-dealkylation sites (N-methyl/N-ethyl adjacent to an activating group) is 1. The molecule has 3 nitrogen and oxygen atoms in total. The van der Waals surface area contributed by atoms with Crippen LogP contribution >= 0.6 is 0 Å². The van der Waals surface area contributed by atoms with Crippen LogP contribution in [0.25, 0.3) is 0 Å². The van der Waals surface area contributed by atoms with Crippen molar-refractivity contribution in [2.45, 2.75) is 13.8 Å². The molecule has 1 N–H and O–H groups in total. The first-order valence-corrected chi connectivity index (χ1v) is 4.25. The van der Waals surface area contributed by atoms with Crippen LogP contribution in [0.15, 0.2) is 23.6 Å². The van der Waals surface area contributed by atoms with Crippen molar-refractivity contribution >= 4 is 11.7 Å². The largest absolute Gasteiger partial charge is 0.355 e. The molecule has 0 radical (unpaired) electrons. The Hall–Kier alpha value is -1.45. The number of halogens is 1. The molecule has 14 heavy (non-hydrogen) atoms. The molecule has 0 aromatic heterocycles. The number of hydrogen-bond donors (Lipinski definition) is 1. The topological polar surface area (TPSA) is 46.2 Å². The number of rotatable bonds is 1. The lowest BCUT2D eigenvalue weighted by molar-refractivity contribution is -0.120. The Kier molecular flexibility index (Phi) is 2.55. The van der Waals surface area contributed by atoms with Crippen LogP contribution in [0.2, 0.25) is 0 Å². The van der Waals surface area contributed by atoms with Crippen molar-refractivity contribution in [2.75, 3.05) is 7.05 Å². The highest BCUT2D eigenvalue weighted by Gasteiger charge is 2.31. The molecule has 0 saturated heterocycles. The van der Waals surface area contributed by atoms with Crippen molar-refractivity contribution in [1.82, 2.24) is 5.32 Å². The highest BCUT2D eigenvalue weighted by atomic mass is 19.1. The summed E-state index contributed by atoms with van der Waals surface area (Å²) < 4.78 is 13.2. The summed E-state index contributed by atoms with van der Waals surface area (Å²) in [5, 5.41) is 2.32. The molecular weight excluding hydrogens is 185 g/mol. The van der Waals surface area contributed by atoms with Crippen LogP contribution in [-0.2, 0) is 9.59 Å². The number of ketones is 1. The quantitative estimate of drug-likeness (QED) is 0.684. The maximum Gasteiger partial charge on any atom is 0.253 e. The highest BCUT2D eigenvalue weighted by molar-refractivity contribution is 6.05. The van der Waals surface area contributed by atoms with Gasteiger partial charge in [0.15, 0.2) is 5.78 Å². The molecule has 1 amide bonds. The molecule has 0 bridgehead atoms. The lowest BCUT2D eigenvalue weighted by atomic mass is 9.81. The number of carbonyl (C=O) groups excluding carboxylic acids is 2. The Balaban J connectivity index is 3.13. The molecule has 0 saturated carbocycles. The van der Waals surface area contributed by atoms with Crippen molar-refractivity contribution < 1.29 is 14.0 Å². The maximum absolute atomic E-state index is 13.2. The molecule has 0 unspecified atom stereocenters. The van der Waals surface area contributed by atoms with Crippen LogP contribution in [0.5, 0.6) is 0 Å². The van der Waals surface area contributed by atoms with Gasteiger partial charge < -0.3 is 5.32 Å². The summed E-state index contributed by atoms with van der Waals surface area (Å²) in [6.07, 6.45) is 2.22. The zero-order valence-electron chi connectivity index (χ0n) is 8.35. The van der Waals surface area contributed by atoms with E-state index < -0.39 is 17.1 Å². The Bertz CT molecular complexity index is 353.